The van der Waals surface area contributed by atoms with Crippen molar-refractivity contribution in [2.45, 2.75) is 13.3 Å². The molecule has 0 saturated heterocycles. The van der Waals surface area contributed by atoms with Crippen LogP contribution in [0.3, 0.4) is 0 Å². The van der Waals surface area contributed by atoms with Crippen molar-refractivity contribution in [1.29, 1.82) is 0 Å². The number of nitrogens with two attached hydrogens (primary N) is 1. The lowest BCUT2D eigenvalue weighted by Crippen LogP contribution is -2.41. The van der Waals surface area contributed by atoms with Crippen LogP contribution in [0.15, 0.2) is 48.5 Å². The van der Waals surface area contributed by atoms with Crippen molar-refractivity contribution in [2.24, 2.45) is 5.73 Å². The van der Waals surface area contributed by atoms with E-state index in [1.54, 1.807) is 12.1 Å². The average molecular weight is 311 g/mol. The van der Waals surface area contributed by atoms with Gasteiger partial charge in [0.2, 0.25) is 5.91 Å². The number of aryl methyl sites for hydroxylation is 1. The van der Waals surface area contributed by atoms with Crippen LogP contribution in [-0.4, -0.2) is 17.7 Å². The summed E-state index contributed by atoms with van der Waals surface area (Å²) in [5.41, 5.74) is 12.0. The van der Waals surface area contributed by atoms with Crippen molar-refractivity contribution in [1.82, 2.24) is 10.9 Å². The van der Waals surface area contributed by atoms with Gasteiger partial charge in [0, 0.05) is 16.7 Å². The zero-order valence-electron chi connectivity index (χ0n) is 12.6. The maximum Gasteiger partial charge on any atom is 0.269 e. The highest BCUT2D eigenvalue weighted by atomic mass is 16.2. The summed E-state index contributed by atoms with van der Waals surface area (Å²) in [4.78, 5) is 34.8. The number of carbonyl (C=O) groups excluding carboxylic acids is 3. The van der Waals surface area contributed by atoms with Crippen LogP contribution in [-0.2, 0) is 6.42 Å². The minimum absolute atomic E-state index is 0.302. The molecule has 0 atom stereocenters. The molecule has 4 N–H and O–H groups in total. The molecule has 3 amide bonds. The number of benzene rings is 2. The molecule has 0 radical (unpaired) electrons. The van der Waals surface area contributed by atoms with Crippen LogP contribution < -0.4 is 16.6 Å². The molecule has 6 heteroatoms. The molecule has 0 fully saturated rings. The molecule has 0 aromatic heterocycles. The monoisotopic (exact) mass is 311 g/mol. The van der Waals surface area contributed by atoms with E-state index < -0.39 is 17.7 Å². The highest BCUT2D eigenvalue weighted by Crippen LogP contribution is 2.05. The van der Waals surface area contributed by atoms with Gasteiger partial charge in [-0.25, -0.2) is 0 Å². The van der Waals surface area contributed by atoms with Gasteiger partial charge in [0.15, 0.2) is 0 Å². The molecule has 0 saturated carbocycles. The predicted octanol–water partition coefficient (Wildman–Crippen LogP) is 1.42. The fourth-order valence-corrected chi connectivity index (χ4v) is 1.94. The fourth-order valence-electron chi connectivity index (χ4n) is 1.94. The summed E-state index contributed by atoms with van der Waals surface area (Å²) in [6.07, 6.45) is 0.889. The van der Waals surface area contributed by atoms with Crippen LogP contribution in [0.5, 0.6) is 0 Å². The number of hydrazine groups is 1. The highest BCUT2D eigenvalue weighted by molar-refractivity contribution is 6.00. The quantitative estimate of drug-likeness (QED) is 0.744. The number of rotatable bonds is 4. The molecule has 2 rings (SSSR count). The Morgan fingerprint density at radius 2 is 1.17 bits per heavy atom. The van der Waals surface area contributed by atoms with Gasteiger partial charge in [-0.05, 0) is 48.4 Å². The second-order valence-electron chi connectivity index (χ2n) is 4.90. The summed E-state index contributed by atoms with van der Waals surface area (Å²) < 4.78 is 0. The molecule has 2 aromatic carbocycles. The second-order valence-corrected chi connectivity index (χ2v) is 4.90. The first-order chi connectivity index (χ1) is 11.0. The van der Waals surface area contributed by atoms with Crippen molar-refractivity contribution in [3.8, 4) is 0 Å². The van der Waals surface area contributed by atoms with Gasteiger partial charge in [0.25, 0.3) is 11.8 Å². The smallest absolute Gasteiger partial charge is 0.269 e. The maximum absolute atomic E-state index is 11.9. The molecule has 0 aliphatic carbocycles. The Kier molecular flexibility index (Phi) is 5.09. The number of hydrogen-bond acceptors (Lipinski definition) is 3. The minimum Gasteiger partial charge on any atom is -0.366 e. The lowest BCUT2D eigenvalue weighted by atomic mass is 10.1. The van der Waals surface area contributed by atoms with Crippen LogP contribution in [0.25, 0.3) is 0 Å². The summed E-state index contributed by atoms with van der Waals surface area (Å²) in [6, 6.07) is 12.9. The first kappa shape index (κ1) is 16.2. The third-order valence-electron chi connectivity index (χ3n) is 3.35. The van der Waals surface area contributed by atoms with Crippen LogP contribution in [0, 0.1) is 0 Å². The molecule has 0 unspecified atom stereocenters. The van der Waals surface area contributed by atoms with E-state index in [9.17, 15) is 14.4 Å². The fraction of sp³-hybridized carbons (Fsp3) is 0.118. The Labute approximate surface area is 133 Å². The normalized spacial score (nSPS) is 9.96. The van der Waals surface area contributed by atoms with Crippen LogP contribution in [0.1, 0.15) is 43.6 Å². The highest BCUT2D eigenvalue weighted by Gasteiger charge is 2.09. The molecule has 23 heavy (non-hydrogen) atoms. The molecule has 0 bridgehead atoms. The van der Waals surface area contributed by atoms with E-state index in [1.807, 2.05) is 19.1 Å². The molecule has 0 aliphatic rings. The second kappa shape index (κ2) is 7.22. The molecular weight excluding hydrogens is 294 g/mol. The van der Waals surface area contributed by atoms with Gasteiger partial charge < -0.3 is 5.73 Å². The lowest BCUT2D eigenvalue weighted by Gasteiger charge is -2.08. The third kappa shape index (κ3) is 4.16. The SMILES string of the molecule is CCc1ccc(C(=O)NNC(=O)c2ccc(C(N)=O)cc2)cc1. The van der Waals surface area contributed by atoms with Crippen molar-refractivity contribution < 1.29 is 14.4 Å². The molecule has 0 aliphatic heterocycles. The summed E-state index contributed by atoms with van der Waals surface area (Å²) in [5, 5.41) is 0. The third-order valence-corrected chi connectivity index (χ3v) is 3.35. The largest absolute Gasteiger partial charge is 0.366 e. The van der Waals surface area contributed by atoms with E-state index in [4.69, 9.17) is 5.73 Å². The van der Waals surface area contributed by atoms with Crippen molar-refractivity contribution in [2.75, 3.05) is 0 Å². The molecule has 6 nitrogen and oxygen atoms in total. The van der Waals surface area contributed by atoms with Crippen LogP contribution in [0.2, 0.25) is 0 Å². The number of primary amides is 1. The van der Waals surface area contributed by atoms with E-state index in [2.05, 4.69) is 10.9 Å². The Morgan fingerprint density at radius 3 is 1.57 bits per heavy atom. The minimum atomic E-state index is -0.569. The first-order valence-corrected chi connectivity index (χ1v) is 7.10. The van der Waals surface area contributed by atoms with Gasteiger partial charge in [-0.2, -0.15) is 0 Å². The van der Waals surface area contributed by atoms with Gasteiger partial charge in [0.1, 0.15) is 0 Å². The summed E-state index contributed by atoms with van der Waals surface area (Å²) in [5.74, 6) is -1.46. The topological polar surface area (TPSA) is 101 Å². The maximum atomic E-state index is 11.9. The average Bonchev–Trinajstić information content (AvgIpc) is 2.59. The van der Waals surface area contributed by atoms with Gasteiger partial charge >= 0.3 is 0 Å². The zero-order valence-corrected chi connectivity index (χ0v) is 12.6. The predicted molar refractivity (Wildman–Crippen MR) is 85.7 cm³/mol. The zero-order chi connectivity index (χ0) is 16.8. The Balaban J connectivity index is 1.94. The first-order valence-electron chi connectivity index (χ1n) is 7.10. The molecule has 2 aromatic rings. The van der Waals surface area contributed by atoms with E-state index in [1.165, 1.54) is 24.3 Å². The van der Waals surface area contributed by atoms with Gasteiger partial charge in [-0.3, -0.25) is 25.2 Å². The van der Waals surface area contributed by atoms with Crippen LogP contribution >= 0.6 is 0 Å². The van der Waals surface area contributed by atoms with Crippen molar-refractivity contribution >= 4 is 17.7 Å². The Morgan fingerprint density at radius 1 is 0.783 bits per heavy atom. The van der Waals surface area contributed by atoms with E-state index in [0.717, 1.165) is 12.0 Å². The summed E-state index contributed by atoms with van der Waals surface area (Å²) in [6.45, 7) is 2.03. The number of carbonyl (C=O) groups is 3. The molecule has 0 heterocycles. The van der Waals surface area contributed by atoms with Gasteiger partial charge in [-0.15, -0.1) is 0 Å². The van der Waals surface area contributed by atoms with Crippen molar-refractivity contribution in [3.63, 3.8) is 0 Å². The standard InChI is InChI=1S/C17H17N3O3/c1-2-11-3-5-13(6-4-11)16(22)19-20-17(23)14-9-7-12(8-10-14)15(18)21/h3-10H,2H2,1H3,(H2,18,21)(H,19,22)(H,20,23). The number of hydrogen-bond donors (Lipinski definition) is 3. The number of amides is 3. The number of nitrogens with one attached hydrogen (secondary N) is 2. The lowest BCUT2D eigenvalue weighted by molar-refractivity contribution is 0.0846. The Hall–Kier alpha value is -3.15. The van der Waals surface area contributed by atoms with E-state index in [0.29, 0.717) is 16.7 Å². The van der Waals surface area contributed by atoms with E-state index >= 15 is 0 Å². The Bertz CT molecular complexity index is 722. The molecule has 118 valence electrons. The summed E-state index contributed by atoms with van der Waals surface area (Å²) >= 11 is 0. The van der Waals surface area contributed by atoms with Gasteiger partial charge in [-0.1, -0.05) is 19.1 Å². The molecule has 0 spiro atoms. The van der Waals surface area contributed by atoms with Crippen molar-refractivity contribution in [3.05, 3.63) is 70.8 Å². The molecular formula is C17H17N3O3. The van der Waals surface area contributed by atoms with Crippen LogP contribution in [0.4, 0.5) is 0 Å². The van der Waals surface area contributed by atoms with E-state index in [-0.39, 0.29) is 0 Å². The van der Waals surface area contributed by atoms with Gasteiger partial charge in [0.05, 0.1) is 0 Å². The summed E-state index contributed by atoms with van der Waals surface area (Å²) in [7, 11) is 0.